The molecule has 0 bridgehead atoms. The monoisotopic (exact) mass is 528 g/mol. The van der Waals surface area contributed by atoms with Crippen molar-refractivity contribution in [1.29, 1.82) is 0 Å². The SMILES string of the molecule is OCCCC(F)(F)COc1ccc(C2c3ccc(OCc4ccccc4)cc3CC[C@@H]2c2ccccc2)cc1. The largest absolute Gasteiger partial charge is 0.489 e. The molecule has 3 nitrogen and oxygen atoms in total. The third-order valence-electron chi connectivity index (χ3n) is 7.44. The lowest BCUT2D eigenvalue weighted by Gasteiger charge is -2.35. The van der Waals surface area contributed by atoms with Gasteiger partial charge in [-0.05, 0) is 77.3 Å². The number of hydrogen-bond donors (Lipinski definition) is 1. The van der Waals surface area contributed by atoms with Crippen LogP contribution in [0.4, 0.5) is 8.78 Å². The first-order chi connectivity index (χ1) is 19.0. The first-order valence-corrected chi connectivity index (χ1v) is 13.6. The number of aliphatic hydroxyl groups excluding tert-OH is 1. The lowest BCUT2D eigenvalue weighted by atomic mass is 9.69. The molecule has 5 heteroatoms. The fraction of sp³-hybridized carbons (Fsp3) is 0.294. The van der Waals surface area contributed by atoms with E-state index in [-0.39, 0.29) is 18.9 Å². The molecule has 0 spiro atoms. The van der Waals surface area contributed by atoms with Gasteiger partial charge in [0.05, 0.1) is 0 Å². The van der Waals surface area contributed by atoms with Gasteiger partial charge in [0.1, 0.15) is 18.1 Å². The first-order valence-electron chi connectivity index (χ1n) is 13.6. The average molecular weight is 529 g/mol. The Morgan fingerprint density at radius 1 is 0.769 bits per heavy atom. The van der Waals surface area contributed by atoms with Crippen molar-refractivity contribution in [3.63, 3.8) is 0 Å². The summed E-state index contributed by atoms with van der Waals surface area (Å²) in [5, 5.41) is 8.85. The van der Waals surface area contributed by atoms with E-state index < -0.39 is 19.0 Å². The van der Waals surface area contributed by atoms with E-state index >= 15 is 0 Å². The van der Waals surface area contributed by atoms with Gasteiger partial charge in [0, 0.05) is 18.9 Å². The molecule has 0 radical (unpaired) electrons. The molecule has 1 unspecified atom stereocenters. The van der Waals surface area contributed by atoms with Crippen LogP contribution in [0.15, 0.2) is 103 Å². The van der Waals surface area contributed by atoms with Gasteiger partial charge in [0.2, 0.25) is 0 Å². The van der Waals surface area contributed by atoms with Crippen LogP contribution in [0, 0.1) is 0 Å². The number of halogens is 2. The Labute approximate surface area is 229 Å². The lowest BCUT2D eigenvalue weighted by Crippen LogP contribution is -2.26. The normalized spacial score (nSPS) is 16.9. The van der Waals surface area contributed by atoms with Gasteiger partial charge in [-0.1, -0.05) is 78.9 Å². The third kappa shape index (κ3) is 6.85. The van der Waals surface area contributed by atoms with E-state index in [1.165, 1.54) is 16.7 Å². The molecule has 2 atom stereocenters. The molecule has 4 aromatic carbocycles. The third-order valence-corrected chi connectivity index (χ3v) is 7.44. The van der Waals surface area contributed by atoms with Crippen molar-refractivity contribution in [3.05, 3.63) is 131 Å². The van der Waals surface area contributed by atoms with Gasteiger partial charge in [-0.3, -0.25) is 0 Å². The zero-order chi connectivity index (χ0) is 27.1. The summed E-state index contributed by atoms with van der Waals surface area (Å²) in [5.74, 6) is -1.27. The minimum Gasteiger partial charge on any atom is -0.489 e. The Balaban J connectivity index is 1.38. The van der Waals surface area contributed by atoms with Crippen LogP contribution >= 0.6 is 0 Å². The molecule has 0 saturated carbocycles. The number of alkyl halides is 2. The maximum absolute atomic E-state index is 14.0. The summed E-state index contributed by atoms with van der Waals surface area (Å²) in [5.41, 5.74) is 6.10. The number of aryl methyl sites for hydroxylation is 1. The Hall–Kier alpha value is -3.70. The molecule has 1 N–H and O–H groups in total. The van der Waals surface area contributed by atoms with Crippen LogP contribution in [0.2, 0.25) is 0 Å². The second-order valence-corrected chi connectivity index (χ2v) is 10.2. The van der Waals surface area contributed by atoms with Crippen molar-refractivity contribution in [2.45, 2.75) is 50.0 Å². The van der Waals surface area contributed by atoms with Crippen molar-refractivity contribution in [1.82, 2.24) is 0 Å². The average Bonchev–Trinajstić information content (AvgIpc) is 2.98. The number of hydrogen-bond acceptors (Lipinski definition) is 3. The minimum absolute atomic E-state index is 0.0519. The second kappa shape index (κ2) is 12.4. The van der Waals surface area contributed by atoms with E-state index in [0.717, 1.165) is 29.7 Å². The van der Waals surface area contributed by atoms with E-state index in [4.69, 9.17) is 14.6 Å². The van der Waals surface area contributed by atoms with E-state index in [1.807, 2.05) is 42.5 Å². The Morgan fingerprint density at radius 2 is 1.46 bits per heavy atom. The lowest BCUT2D eigenvalue weighted by molar-refractivity contribution is -0.0514. The summed E-state index contributed by atoms with van der Waals surface area (Å²) < 4.78 is 39.6. The van der Waals surface area contributed by atoms with Gasteiger partial charge in [0.15, 0.2) is 6.61 Å². The minimum atomic E-state index is -2.97. The molecule has 1 aliphatic rings. The van der Waals surface area contributed by atoms with Crippen LogP contribution in [0.1, 0.15) is 58.9 Å². The second-order valence-electron chi connectivity index (χ2n) is 10.2. The van der Waals surface area contributed by atoms with Gasteiger partial charge < -0.3 is 14.6 Å². The molecule has 1 aliphatic carbocycles. The van der Waals surface area contributed by atoms with Crippen LogP contribution in [-0.2, 0) is 13.0 Å². The molecular weight excluding hydrogens is 494 g/mol. The Morgan fingerprint density at radius 3 is 2.18 bits per heavy atom. The fourth-order valence-electron chi connectivity index (χ4n) is 5.47. The Bertz CT molecular complexity index is 1320. The van der Waals surface area contributed by atoms with Crippen molar-refractivity contribution < 1.29 is 23.4 Å². The van der Waals surface area contributed by atoms with Crippen LogP contribution < -0.4 is 9.47 Å². The van der Waals surface area contributed by atoms with Crippen molar-refractivity contribution >= 4 is 0 Å². The molecule has 0 saturated heterocycles. The molecular formula is C34H34F2O3. The highest BCUT2D eigenvalue weighted by atomic mass is 19.3. The smallest absolute Gasteiger partial charge is 0.281 e. The van der Waals surface area contributed by atoms with Crippen LogP contribution in [0.25, 0.3) is 0 Å². The van der Waals surface area contributed by atoms with Crippen molar-refractivity contribution in [2.24, 2.45) is 0 Å². The topological polar surface area (TPSA) is 38.7 Å². The van der Waals surface area contributed by atoms with Gasteiger partial charge in [0.25, 0.3) is 5.92 Å². The van der Waals surface area contributed by atoms with Crippen LogP contribution in [0.3, 0.4) is 0 Å². The summed E-state index contributed by atoms with van der Waals surface area (Å²) in [6, 6.07) is 34.7. The number of rotatable bonds is 11. The number of ether oxygens (including phenoxy) is 2. The molecule has 5 rings (SSSR count). The van der Waals surface area contributed by atoms with E-state index in [0.29, 0.717) is 18.3 Å². The summed E-state index contributed by atoms with van der Waals surface area (Å²) >= 11 is 0. The maximum atomic E-state index is 14.0. The summed E-state index contributed by atoms with van der Waals surface area (Å²) in [6.45, 7) is -0.427. The van der Waals surface area contributed by atoms with Crippen molar-refractivity contribution in [3.8, 4) is 11.5 Å². The highest BCUT2D eigenvalue weighted by molar-refractivity contribution is 5.48. The van der Waals surface area contributed by atoms with E-state index in [2.05, 4.69) is 48.5 Å². The van der Waals surface area contributed by atoms with Crippen molar-refractivity contribution in [2.75, 3.05) is 13.2 Å². The van der Waals surface area contributed by atoms with Crippen LogP contribution in [-0.4, -0.2) is 24.2 Å². The molecule has 0 fully saturated rings. The number of benzene rings is 4. The van der Waals surface area contributed by atoms with Gasteiger partial charge >= 0.3 is 0 Å². The molecule has 0 aromatic heterocycles. The predicted molar refractivity (Wildman–Crippen MR) is 150 cm³/mol. The molecule has 4 aromatic rings. The standard InChI is InChI=1S/C34H34F2O3/c35-34(36,20-7-21-37)24-39-29-15-12-27(13-16-29)33-31(26-10-5-2-6-11-26)18-14-28-22-30(17-19-32(28)33)38-23-25-8-3-1-4-9-25/h1-6,8-13,15-17,19,22,31,33,37H,7,14,18,20-21,23-24H2/t31-,33?/m1/s1. The molecule has 0 aliphatic heterocycles. The van der Waals surface area contributed by atoms with Crippen LogP contribution in [0.5, 0.6) is 11.5 Å². The van der Waals surface area contributed by atoms with Gasteiger partial charge in [-0.15, -0.1) is 0 Å². The predicted octanol–water partition coefficient (Wildman–Crippen LogP) is 7.91. The number of aliphatic hydroxyl groups is 1. The maximum Gasteiger partial charge on any atom is 0.281 e. The zero-order valence-corrected chi connectivity index (χ0v) is 21.9. The Kier molecular flexibility index (Phi) is 8.58. The fourth-order valence-corrected chi connectivity index (χ4v) is 5.47. The van der Waals surface area contributed by atoms with E-state index in [1.54, 1.807) is 12.1 Å². The molecule has 0 amide bonds. The number of fused-ring (bicyclic) bond motifs is 1. The highest BCUT2D eigenvalue weighted by Gasteiger charge is 2.33. The molecule has 39 heavy (non-hydrogen) atoms. The quantitative estimate of drug-likeness (QED) is 0.215. The van der Waals surface area contributed by atoms with Gasteiger partial charge in [-0.25, -0.2) is 8.78 Å². The summed E-state index contributed by atoms with van der Waals surface area (Å²) in [4.78, 5) is 0. The molecule has 202 valence electrons. The zero-order valence-electron chi connectivity index (χ0n) is 21.9. The first kappa shape index (κ1) is 26.9. The summed E-state index contributed by atoms with van der Waals surface area (Å²) in [7, 11) is 0. The summed E-state index contributed by atoms with van der Waals surface area (Å²) in [6.07, 6.45) is 1.61. The van der Waals surface area contributed by atoms with Gasteiger partial charge in [-0.2, -0.15) is 0 Å². The highest BCUT2D eigenvalue weighted by Crippen LogP contribution is 2.47. The van der Waals surface area contributed by atoms with E-state index in [9.17, 15) is 8.78 Å². The molecule has 0 heterocycles.